The van der Waals surface area contributed by atoms with Crippen LogP contribution in [-0.2, 0) is 6.42 Å². The fraction of sp³-hybridized carbons (Fsp3) is 0.538. The molecule has 1 aromatic rings. The lowest BCUT2D eigenvalue weighted by atomic mass is 9.96. The summed E-state index contributed by atoms with van der Waals surface area (Å²) in [6, 6.07) is 6.24. The van der Waals surface area contributed by atoms with E-state index in [1.54, 1.807) is 0 Å². The van der Waals surface area contributed by atoms with Gasteiger partial charge in [-0.25, -0.2) is 0 Å². The van der Waals surface area contributed by atoms with Crippen LogP contribution in [0.1, 0.15) is 30.9 Å². The fourth-order valence-corrected chi connectivity index (χ4v) is 2.19. The van der Waals surface area contributed by atoms with E-state index in [4.69, 9.17) is 23.2 Å². The zero-order chi connectivity index (χ0) is 11.3. The number of halogens is 2. The molecule has 0 nitrogen and oxygen atoms in total. The van der Waals surface area contributed by atoms with Crippen LogP contribution >= 0.6 is 23.2 Å². The third-order valence-electron chi connectivity index (χ3n) is 2.66. The molecule has 0 aliphatic rings. The van der Waals surface area contributed by atoms with E-state index in [2.05, 4.69) is 19.1 Å². The molecule has 84 valence electrons. The molecule has 0 fully saturated rings. The van der Waals surface area contributed by atoms with Crippen LogP contribution < -0.4 is 0 Å². The molecular formula is C13H18Cl2. The number of benzene rings is 1. The summed E-state index contributed by atoms with van der Waals surface area (Å²) >= 11 is 11.9. The Balaban J connectivity index is 2.66. The fourth-order valence-electron chi connectivity index (χ4n) is 1.81. The van der Waals surface area contributed by atoms with Crippen molar-refractivity contribution in [2.75, 3.05) is 5.88 Å². The molecule has 1 aromatic carbocycles. The summed E-state index contributed by atoms with van der Waals surface area (Å²) in [6.45, 7) is 4.24. The molecule has 1 atom stereocenters. The van der Waals surface area contributed by atoms with Crippen molar-refractivity contribution in [1.29, 1.82) is 0 Å². The normalized spacial score (nSPS) is 12.8. The first-order chi connectivity index (χ1) is 7.17. The molecule has 0 saturated heterocycles. The Morgan fingerprint density at radius 3 is 2.60 bits per heavy atom. The molecule has 0 aliphatic carbocycles. The van der Waals surface area contributed by atoms with E-state index < -0.39 is 0 Å². The minimum atomic E-state index is 0.595. The first-order valence-corrected chi connectivity index (χ1v) is 6.39. The van der Waals surface area contributed by atoms with E-state index in [0.29, 0.717) is 5.92 Å². The van der Waals surface area contributed by atoms with Crippen molar-refractivity contribution in [2.24, 2.45) is 5.92 Å². The maximum absolute atomic E-state index is 5.99. The van der Waals surface area contributed by atoms with Crippen LogP contribution in [0.25, 0.3) is 0 Å². The SMILES string of the molecule is CCCC(CCl)Cc1ccc(Cl)c(C)c1. The molecule has 0 bridgehead atoms. The van der Waals surface area contributed by atoms with Gasteiger partial charge in [-0.3, -0.25) is 0 Å². The lowest BCUT2D eigenvalue weighted by Gasteiger charge is -2.13. The Morgan fingerprint density at radius 2 is 2.07 bits per heavy atom. The first kappa shape index (κ1) is 12.9. The van der Waals surface area contributed by atoms with Crippen LogP contribution in [0.4, 0.5) is 0 Å². The molecule has 1 rings (SSSR count). The molecule has 0 spiro atoms. The topological polar surface area (TPSA) is 0 Å². The molecule has 0 aliphatic heterocycles. The summed E-state index contributed by atoms with van der Waals surface area (Å²) in [6.07, 6.45) is 3.46. The maximum atomic E-state index is 5.99. The quantitative estimate of drug-likeness (QED) is 0.651. The molecule has 0 radical (unpaired) electrons. The molecule has 0 heterocycles. The lowest BCUT2D eigenvalue weighted by Crippen LogP contribution is -2.06. The van der Waals surface area contributed by atoms with E-state index in [9.17, 15) is 0 Å². The molecule has 0 N–H and O–H groups in total. The van der Waals surface area contributed by atoms with Gasteiger partial charge in [-0.05, 0) is 42.9 Å². The maximum Gasteiger partial charge on any atom is 0.0435 e. The van der Waals surface area contributed by atoms with Gasteiger partial charge in [-0.15, -0.1) is 11.6 Å². The first-order valence-electron chi connectivity index (χ1n) is 5.48. The number of hydrogen-bond acceptors (Lipinski definition) is 0. The Hall–Kier alpha value is -0.200. The molecule has 0 amide bonds. The van der Waals surface area contributed by atoms with Gasteiger partial charge in [0, 0.05) is 10.9 Å². The summed E-state index contributed by atoms with van der Waals surface area (Å²) in [4.78, 5) is 0. The van der Waals surface area contributed by atoms with Gasteiger partial charge in [0.15, 0.2) is 0 Å². The van der Waals surface area contributed by atoms with Crippen molar-refractivity contribution in [3.63, 3.8) is 0 Å². The van der Waals surface area contributed by atoms with Crippen molar-refractivity contribution < 1.29 is 0 Å². The Bertz CT molecular complexity index is 307. The zero-order valence-corrected chi connectivity index (χ0v) is 10.9. The summed E-state index contributed by atoms with van der Waals surface area (Å²) in [7, 11) is 0. The van der Waals surface area contributed by atoms with E-state index in [1.807, 2.05) is 13.0 Å². The van der Waals surface area contributed by atoms with Gasteiger partial charge in [-0.1, -0.05) is 37.1 Å². The second kappa shape index (κ2) is 6.40. The zero-order valence-electron chi connectivity index (χ0n) is 9.39. The third-order valence-corrected chi connectivity index (χ3v) is 3.52. The van der Waals surface area contributed by atoms with Gasteiger partial charge in [0.1, 0.15) is 0 Å². The minimum Gasteiger partial charge on any atom is -0.126 e. The summed E-state index contributed by atoms with van der Waals surface area (Å²) in [5.41, 5.74) is 2.50. The Morgan fingerprint density at radius 1 is 1.33 bits per heavy atom. The van der Waals surface area contributed by atoms with Crippen LogP contribution in [0.3, 0.4) is 0 Å². The average molecular weight is 245 g/mol. The van der Waals surface area contributed by atoms with E-state index in [0.717, 1.165) is 22.9 Å². The minimum absolute atomic E-state index is 0.595. The van der Waals surface area contributed by atoms with Gasteiger partial charge >= 0.3 is 0 Å². The number of alkyl halides is 1. The molecule has 15 heavy (non-hydrogen) atoms. The largest absolute Gasteiger partial charge is 0.126 e. The smallest absolute Gasteiger partial charge is 0.0435 e. The predicted octanol–water partition coefficient (Wildman–Crippen LogP) is 4.85. The highest BCUT2D eigenvalue weighted by atomic mass is 35.5. The van der Waals surface area contributed by atoms with Crippen LogP contribution in [0.15, 0.2) is 18.2 Å². The predicted molar refractivity (Wildman–Crippen MR) is 69.0 cm³/mol. The highest BCUT2D eigenvalue weighted by molar-refractivity contribution is 6.31. The highest BCUT2D eigenvalue weighted by Gasteiger charge is 2.08. The summed E-state index contributed by atoms with van der Waals surface area (Å²) in [5.74, 6) is 1.34. The monoisotopic (exact) mass is 244 g/mol. The molecule has 2 heteroatoms. The number of aryl methyl sites for hydroxylation is 1. The average Bonchev–Trinajstić information content (AvgIpc) is 2.23. The van der Waals surface area contributed by atoms with Crippen molar-refractivity contribution in [3.8, 4) is 0 Å². The van der Waals surface area contributed by atoms with Crippen molar-refractivity contribution >= 4 is 23.2 Å². The summed E-state index contributed by atoms with van der Waals surface area (Å²) in [5, 5.41) is 0.844. The van der Waals surface area contributed by atoms with Gasteiger partial charge < -0.3 is 0 Å². The molecular weight excluding hydrogens is 227 g/mol. The molecule has 1 unspecified atom stereocenters. The Labute approximate surface area is 103 Å². The van der Waals surface area contributed by atoms with Crippen molar-refractivity contribution in [2.45, 2.75) is 33.1 Å². The van der Waals surface area contributed by atoms with Crippen molar-refractivity contribution in [1.82, 2.24) is 0 Å². The van der Waals surface area contributed by atoms with Gasteiger partial charge in [0.2, 0.25) is 0 Å². The molecule has 0 aromatic heterocycles. The third kappa shape index (κ3) is 4.04. The molecule has 0 saturated carbocycles. The van der Waals surface area contributed by atoms with Crippen LogP contribution in [0, 0.1) is 12.8 Å². The lowest BCUT2D eigenvalue weighted by molar-refractivity contribution is 0.528. The second-order valence-electron chi connectivity index (χ2n) is 4.10. The van der Waals surface area contributed by atoms with Crippen molar-refractivity contribution in [3.05, 3.63) is 34.3 Å². The van der Waals surface area contributed by atoms with Gasteiger partial charge in [0.05, 0.1) is 0 Å². The van der Waals surface area contributed by atoms with Crippen LogP contribution in [0.2, 0.25) is 5.02 Å². The number of hydrogen-bond donors (Lipinski definition) is 0. The standard InChI is InChI=1S/C13H18Cl2/c1-3-4-12(9-14)8-11-5-6-13(15)10(2)7-11/h5-7,12H,3-4,8-9H2,1-2H3. The van der Waals surface area contributed by atoms with Gasteiger partial charge in [-0.2, -0.15) is 0 Å². The van der Waals surface area contributed by atoms with E-state index in [1.165, 1.54) is 18.4 Å². The summed E-state index contributed by atoms with van der Waals surface area (Å²) < 4.78 is 0. The Kier molecular flexibility index (Phi) is 5.49. The van der Waals surface area contributed by atoms with E-state index >= 15 is 0 Å². The van der Waals surface area contributed by atoms with E-state index in [-0.39, 0.29) is 0 Å². The number of rotatable bonds is 5. The van der Waals surface area contributed by atoms with Gasteiger partial charge in [0.25, 0.3) is 0 Å². The highest BCUT2D eigenvalue weighted by Crippen LogP contribution is 2.20. The second-order valence-corrected chi connectivity index (χ2v) is 4.81. The van der Waals surface area contributed by atoms with Crippen LogP contribution in [0.5, 0.6) is 0 Å². The van der Waals surface area contributed by atoms with Crippen LogP contribution in [-0.4, -0.2) is 5.88 Å².